The van der Waals surface area contributed by atoms with Gasteiger partial charge in [-0.25, -0.2) is 9.48 Å². The standard InChI is InChI=1S/C15H25N5O2/c1-4-22-10-12-8-19(15(21)18(2)3)9-13-14(12)20(17-16-13)7-11-5-6-11/h11-12H,4-10H2,1-3H3/t12-/m0/s1. The van der Waals surface area contributed by atoms with Gasteiger partial charge in [-0.15, -0.1) is 5.10 Å². The molecule has 0 unspecified atom stereocenters. The lowest BCUT2D eigenvalue weighted by Crippen LogP contribution is -2.44. The quantitative estimate of drug-likeness (QED) is 0.822. The Morgan fingerprint density at radius 3 is 2.82 bits per heavy atom. The maximum Gasteiger partial charge on any atom is 0.319 e. The molecule has 0 spiro atoms. The highest BCUT2D eigenvalue weighted by Gasteiger charge is 2.35. The van der Waals surface area contributed by atoms with E-state index in [4.69, 9.17) is 4.74 Å². The van der Waals surface area contributed by atoms with Gasteiger partial charge >= 0.3 is 6.03 Å². The van der Waals surface area contributed by atoms with Crippen molar-refractivity contribution in [3.8, 4) is 0 Å². The number of amides is 2. The van der Waals surface area contributed by atoms with Crippen molar-refractivity contribution in [1.82, 2.24) is 24.8 Å². The number of hydrogen-bond donors (Lipinski definition) is 0. The molecule has 2 amide bonds. The molecule has 22 heavy (non-hydrogen) atoms. The molecule has 0 radical (unpaired) electrons. The zero-order valence-electron chi connectivity index (χ0n) is 13.7. The second kappa shape index (κ2) is 6.24. The Bertz CT molecular complexity index is 538. The van der Waals surface area contributed by atoms with Gasteiger partial charge in [-0.05, 0) is 25.7 Å². The van der Waals surface area contributed by atoms with E-state index in [0.29, 0.717) is 26.3 Å². The van der Waals surface area contributed by atoms with Crippen molar-refractivity contribution in [2.75, 3.05) is 33.9 Å². The third-order valence-corrected chi connectivity index (χ3v) is 4.32. The molecule has 1 saturated carbocycles. The van der Waals surface area contributed by atoms with Crippen molar-refractivity contribution >= 4 is 6.03 Å². The summed E-state index contributed by atoms with van der Waals surface area (Å²) in [5, 5.41) is 8.67. The first-order chi connectivity index (χ1) is 10.6. The Balaban J connectivity index is 1.83. The summed E-state index contributed by atoms with van der Waals surface area (Å²) in [6.07, 6.45) is 2.58. The fourth-order valence-electron chi connectivity index (χ4n) is 3.01. The van der Waals surface area contributed by atoms with Gasteiger partial charge in [0.15, 0.2) is 0 Å². The van der Waals surface area contributed by atoms with Gasteiger partial charge in [0.1, 0.15) is 5.69 Å². The zero-order valence-corrected chi connectivity index (χ0v) is 13.7. The molecule has 1 aromatic rings. The van der Waals surface area contributed by atoms with E-state index in [-0.39, 0.29) is 11.9 Å². The Morgan fingerprint density at radius 1 is 1.41 bits per heavy atom. The third kappa shape index (κ3) is 3.09. The first-order valence-electron chi connectivity index (χ1n) is 8.06. The fraction of sp³-hybridized carbons (Fsp3) is 0.800. The highest BCUT2D eigenvalue weighted by molar-refractivity contribution is 5.74. The average Bonchev–Trinajstić information content (AvgIpc) is 3.23. The van der Waals surface area contributed by atoms with Crippen LogP contribution in [-0.2, 0) is 17.8 Å². The fourth-order valence-corrected chi connectivity index (χ4v) is 3.01. The van der Waals surface area contributed by atoms with Crippen LogP contribution in [0.4, 0.5) is 4.79 Å². The van der Waals surface area contributed by atoms with Gasteiger partial charge in [-0.2, -0.15) is 0 Å². The number of fused-ring (bicyclic) bond motifs is 1. The normalized spacial score (nSPS) is 20.9. The molecule has 0 N–H and O–H groups in total. The Labute approximate surface area is 131 Å². The Morgan fingerprint density at radius 2 is 2.18 bits per heavy atom. The van der Waals surface area contributed by atoms with Crippen LogP contribution in [-0.4, -0.2) is 64.7 Å². The summed E-state index contributed by atoms with van der Waals surface area (Å²) < 4.78 is 7.69. The Hall–Kier alpha value is -1.63. The van der Waals surface area contributed by atoms with Crippen molar-refractivity contribution in [3.05, 3.63) is 11.4 Å². The lowest BCUT2D eigenvalue weighted by atomic mass is 9.99. The van der Waals surface area contributed by atoms with Crippen molar-refractivity contribution in [2.45, 2.75) is 38.8 Å². The van der Waals surface area contributed by atoms with Gasteiger partial charge in [0, 0.05) is 39.7 Å². The number of carbonyl (C=O) groups is 1. The largest absolute Gasteiger partial charge is 0.381 e. The maximum atomic E-state index is 12.3. The van der Waals surface area contributed by atoms with Crippen LogP contribution in [0, 0.1) is 5.92 Å². The van der Waals surface area contributed by atoms with Crippen LogP contribution >= 0.6 is 0 Å². The summed E-state index contributed by atoms with van der Waals surface area (Å²) in [4.78, 5) is 15.7. The van der Waals surface area contributed by atoms with Crippen LogP contribution in [0.5, 0.6) is 0 Å². The lowest BCUT2D eigenvalue weighted by Gasteiger charge is -2.34. The number of urea groups is 1. The summed E-state index contributed by atoms with van der Waals surface area (Å²) in [7, 11) is 3.55. The molecule has 2 heterocycles. The van der Waals surface area contributed by atoms with Gasteiger partial charge in [-0.1, -0.05) is 5.21 Å². The first-order valence-corrected chi connectivity index (χ1v) is 8.06. The highest BCUT2D eigenvalue weighted by atomic mass is 16.5. The first kappa shape index (κ1) is 15.3. The number of ether oxygens (including phenoxy) is 1. The molecule has 0 saturated heterocycles. The van der Waals surface area contributed by atoms with E-state index in [2.05, 4.69) is 10.3 Å². The average molecular weight is 307 g/mol. The summed E-state index contributed by atoms with van der Waals surface area (Å²) in [5.74, 6) is 0.904. The second-order valence-electron chi connectivity index (χ2n) is 6.46. The Kier molecular flexibility index (Phi) is 4.33. The number of rotatable bonds is 5. The minimum Gasteiger partial charge on any atom is -0.381 e. The van der Waals surface area contributed by atoms with Gasteiger partial charge in [-0.3, -0.25) is 0 Å². The molecule has 122 valence electrons. The molecular weight excluding hydrogens is 282 g/mol. The monoisotopic (exact) mass is 307 g/mol. The van der Waals surface area contributed by atoms with E-state index < -0.39 is 0 Å². The zero-order chi connectivity index (χ0) is 15.7. The molecule has 0 bridgehead atoms. The van der Waals surface area contributed by atoms with Gasteiger partial charge in [0.2, 0.25) is 0 Å². The van der Waals surface area contributed by atoms with Gasteiger partial charge in [0.05, 0.1) is 18.8 Å². The summed E-state index contributed by atoms with van der Waals surface area (Å²) in [6, 6.07) is 0.0175. The highest BCUT2D eigenvalue weighted by Crippen LogP contribution is 2.33. The minimum absolute atomic E-state index is 0.0175. The van der Waals surface area contributed by atoms with Crippen LogP contribution in [0.15, 0.2) is 0 Å². The summed E-state index contributed by atoms with van der Waals surface area (Å²) in [5.41, 5.74) is 2.09. The van der Waals surface area contributed by atoms with Gasteiger partial charge < -0.3 is 14.5 Å². The molecule has 1 aliphatic carbocycles. The number of aromatic nitrogens is 3. The van der Waals surface area contributed by atoms with E-state index in [1.54, 1.807) is 19.0 Å². The molecule has 7 nitrogen and oxygen atoms in total. The number of hydrogen-bond acceptors (Lipinski definition) is 4. The van der Waals surface area contributed by atoms with E-state index in [1.807, 2.05) is 16.5 Å². The van der Waals surface area contributed by atoms with Gasteiger partial charge in [0.25, 0.3) is 0 Å². The smallest absolute Gasteiger partial charge is 0.319 e. The molecule has 2 aliphatic rings. The molecule has 1 fully saturated rings. The lowest BCUT2D eigenvalue weighted by molar-refractivity contribution is 0.103. The molecule has 1 aromatic heterocycles. The molecule has 1 aliphatic heterocycles. The van der Waals surface area contributed by atoms with Crippen LogP contribution in [0.2, 0.25) is 0 Å². The number of nitrogens with zero attached hydrogens (tertiary/aromatic N) is 5. The van der Waals surface area contributed by atoms with Crippen molar-refractivity contribution in [3.63, 3.8) is 0 Å². The summed E-state index contributed by atoms with van der Waals surface area (Å²) >= 11 is 0. The van der Waals surface area contributed by atoms with Crippen molar-refractivity contribution in [2.24, 2.45) is 5.92 Å². The van der Waals surface area contributed by atoms with E-state index in [0.717, 1.165) is 18.2 Å². The maximum absolute atomic E-state index is 12.3. The second-order valence-corrected chi connectivity index (χ2v) is 6.46. The molecule has 3 rings (SSSR count). The topological polar surface area (TPSA) is 63.5 Å². The minimum atomic E-state index is 0.0175. The van der Waals surface area contributed by atoms with E-state index >= 15 is 0 Å². The molecular formula is C15H25N5O2. The predicted molar refractivity (Wildman–Crippen MR) is 81.5 cm³/mol. The summed E-state index contributed by atoms with van der Waals surface area (Å²) in [6.45, 7) is 5.44. The molecule has 7 heteroatoms. The SMILES string of the molecule is CCOC[C@@H]1CN(C(=O)N(C)C)Cc2nnn(CC3CC3)c21. The van der Waals surface area contributed by atoms with Crippen molar-refractivity contribution < 1.29 is 9.53 Å². The van der Waals surface area contributed by atoms with Crippen LogP contribution in [0.1, 0.15) is 37.1 Å². The predicted octanol–water partition coefficient (Wildman–Crippen LogP) is 1.31. The number of carbonyl (C=O) groups excluding carboxylic acids is 1. The van der Waals surface area contributed by atoms with Crippen LogP contribution in [0.25, 0.3) is 0 Å². The molecule has 0 aromatic carbocycles. The van der Waals surface area contributed by atoms with Crippen LogP contribution < -0.4 is 0 Å². The third-order valence-electron chi connectivity index (χ3n) is 4.32. The van der Waals surface area contributed by atoms with Crippen LogP contribution in [0.3, 0.4) is 0 Å². The van der Waals surface area contributed by atoms with E-state index in [9.17, 15) is 4.79 Å². The van der Waals surface area contributed by atoms with E-state index in [1.165, 1.54) is 18.5 Å². The van der Waals surface area contributed by atoms with Crippen molar-refractivity contribution in [1.29, 1.82) is 0 Å². The molecule has 1 atom stereocenters.